The second kappa shape index (κ2) is 5.64. The summed E-state index contributed by atoms with van der Waals surface area (Å²) in [5.41, 5.74) is 2.38. The highest BCUT2D eigenvalue weighted by Crippen LogP contribution is 2.10. The van der Waals surface area contributed by atoms with Crippen molar-refractivity contribution < 1.29 is 19.8 Å². The Bertz CT molecular complexity index is 468. The molecule has 0 aliphatic heterocycles. The first-order valence-electron chi connectivity index (χ1n) is 5.62. The summed E-state index contributed by atoms with van der Waals surface area (Å²) in [5.74, 6) is -1.77. The van der Waals surface area contributed by atoms with Gasteiger partial charge in [0, 0.05) is 5.56 Å². The lowest BCUT2D eigenvalue weighted by atomic mass is 10.1. The van der Waals surface area contributed by atoms with Crippen molar-refractivity contribution in [1.82, 2.24) is 5.32 Å². The van der Waals surface area contributed by atoms with E-state index in [4.69, 9.17) is 5.11 Å². The van der Waals surface area contributed by atoms with Crippen LogP contribution in [-0.4, -0.2) is 34.2 Å². The molecule has 0 heterocycles. The molecular formula is C13H17NO4. The number of aliphatic hydroxyl groups is 1. The third kappa shape index (κ3) is 3.30. The maximum Gasteiger partial charge on any atom is 0.328 e. The molecule has 0 radical (unpaired) electrons. The molecule has 0 bridgehead atoms. The van der Waals surface area contributed by atoms with Gasteiger partial charge >= 0.3 is 5.97 Å². The summed E-state index contributed by atoms with van der Waals surface area (Å²) < 4.78 is 0. The number of aryl methyl sites for hydroxylation is 2. The fourth-order valence-corrected chi connectivity index (χ4v) is 1.50. The Morgan fingerprint density at radius 1 is 1.22 bits per heavy atom. The molecule has 0 unspecified atom stereocenters. The summed E-state index contributed by atoms with van der Waals surface area (Å²) in [6, 6.07) is 3.80. The SMILES string of the molecule is Cc1ccc(C(=O)N[C@H](C(=O)O)[C@@H](C)O)cc1C. The van der Waals surface area contributed by atoms with Crippen molar-refractivity contribution in [2.75, 3.05) is 0 Å². The first-order valence-corrected chi connectivity index (χ1v) is 5.62. The van der Waals surface area contributed by atoms with Gasteiger partial charge < -0.3 is 15.5 Å². The van der Waals surface area contributed by atoms with E-state index in [1.807, 2.05) is 13.8 Å². The lowest BCUT2D eigenvalue weighted by Gasteiger charge is -2.17. The molecule has 0 fully saturated rings. The van der Waals surface area contributed by atoms with E-state index in [0.29, 0.717) is 5.56 Å². The zero-order valence-electron chi connectivity index (χ0n) is 10.6. The van der Waals surface area contributed by atoms with Crippen molar-refractivity contribution in [3.8, 4) is 0 Å². The van der Waals surface area contributed by atoms with Crippen LogP contribution in [0.15, 0.2) is 18.2 Å². The normalized spacial score (nSPS) is 13.8. The summed E-state index contributed by atoms with van der Waals surface area (Å²) in [5, 5.41) is 20.4. The number of carbonyl (C=O) groups excluding carboxylic acids is 1. The number of carboxylic acids is 1. The molecule has 0 aromatic heterocycles. The Balaban J connectivity index is 2.87. The monoisotopic (exact) mass is 251 g/mol. The predicted octanol–water partition coefficient (Wildman–Crippen LogP) is 0.867. The van der Waals surface area contributed by atoms with Gasteiger partial charge in [0.05, 0.1) is 6.10 Å². The molecule has 98 valence electrons. The van der Waals surface area contributed by atoms with Crippen LogP contribution in [0.3, 0.4) is 0 Å². The van der Waals surface area contributed by atoms with E-state index in [-0.39, 0.29) is 0 Å². The Kier molecular flexibility index (Phi) is 4.44. The predicted molar refractivity (Wildman–Crippen MR) is 66.5 cm³/mol. The third-order valence-corrected chi connectivity index (χ3v) is 2.80. The summed E-state index contributed by atoms with van der Waals surface area (Å²) in [7, 11) is 0. The molecular weight excluding hydrogens is 234 g/mol. The number of carbonyl (C=O) groups is 2. The van der Waals surface area contributed by atoms with Crippen LogP contribution in [0.2, 0.25) is 0 Å². The Morgan fingerprint density at radius 3 is 2.28 bits per heavy atom. The zero-order valence-corrected chi connectivity index (χ0v) is 10.6. The minimum Gasteiger partial charge on any atom is -0.480 e. The lowest BCUT2D eigenvalue weighted by molar-refractivity contribution is -0.141. The van der Waals surface area contributed by atoms with Crippen LogP contribution in [-0.2, 0) is 4.79 Å². The Morgan fingerprint density at radius 2 is 1.83 bits per heavy atom. The number of benzene rings is 1. The second-order valence-corrected chi connectivity index (χ2v) is 4.33. The summed E-state index contributed by atoms with van der Waals surface area (Å²) in [4.78, 5) is 22.7. The number of carboxylic acid groups (broad SMARTS) is 1. The Hall–Kier alpha value is -1.88. The smallest absolute Gasteiger partial charge is 0.328 e. The number of aliphatic hydroxyl groups excluding tert-OH is 1. The average molecular weight is 251 g/mol. The van der Waals surface area contributed by atoms with Crippen LogP contribution in [0, 0.1) is 13.8 Å². The highest BCUT2D eigenvalue weighted by Gasteiger charge is 2.25. The van der Waals surface area contributed by atoms with Crippen molar-refractivity contribution in [2.45, 2.75) is 32.9 Å². The number of aliphatic carboxylic acids is 1. The van der Waals surface area contributed by atoms with Crippen molar-refractivity contribution in [3.63, 3.8) is 0 Å². The molecule has 5 heteroatoms. The minimum absolute atomic E-state index is 0.380. The van der Waals surface area contributed by atoms with E-state index in [9.17, 15) is 14.7 Å². The van der Waals surface area contributed by atoms with Gasteiger partial charge in [0.25, 0.3) is 5.91 Å². The summed E-state index contributed by atoms with van der Waals surface area (Å²) in [6.07, 6.45) is -1.15. The van der Waals surface area contributed by atoms with E-state index in [1.54, 1.807) is 18.2 Å². The van der Waals surface area contributed by atoms with Crippen LogP contribution < -0.4 is 5.32 Å². The maximum absolute atomic E-state index is 11.8. The molecule has 1 amide bonds. The molecule has 0 aliphatic carbocycles. The standard InChI is InChI=1S/C13H17NO4/c1-7-4-5-10(6-8(7)2)12(16)14-11(9(3)15)13(17)18/h4-6,9,11,15H,1-3H3,(H,14,16)(H,17,18)/t9-,11+/m1/s1. The molecule has 0 saturated heterocycles. The van der Waals surface area contributed by atoms with Crippen LogP contribution >= 0.6 is 0 Å². The maximum atomic E-state index is 11.8. The number of rotatable bonds is 4. The van der Waals surface area contributed by atoms with Crippen LogP contribution in [0.25, 0.3) is 0 Å². The molecule has 3 N–H and O–H groups in total. The first-order chi connectivity index (χ1) is 8.32. The van der Waals surface area contributed by atoms with Crippen molar-refractivity contribution in [3.05, 3.63) is 34.9 Å². The number of nitrogens with one attached hydrogen (secondary N) is 1. The molecule has 5 nitrogen and oxygen atoms in total. The topological polar surface area (TPSA) is 86.6 Å². The van der Waals surface area contributed by atoms with E-state index < -0.39 is 24.0 Å². The fourth-order valence-electron chi connectivity index (χ4n) is 1.50. The average Bonchev–Trinajstić information content (AvgIpc) is 2.28. The number of hydrogen-bond acceptors (Lipinski definition) is 3. The fraction of sp³-hybridized carbons (Fsp3) is 0.385. The van der Waals surface area contributed by atoms with Crippen molar-refractivity contribution in [1.29, 1.82) is 0 Å². The molecule has 1 aromatic carbocycles. The van der Waals surface area contributed by atoms with Gasteiger partial charge in [-0.05, 0) is 44.0 Å². The van der Waals surface area contributed by atoms with Gasteiger partial charge in [-0.2, -0.15) is 0 Å². The number of amides is 1. The van der Waals surface area contributed by atoms with E-state index in [0.717, 1.165) is 11.1 Å². The van der Waals surface area contributed by atoms with Crippen LogP contribution in [0.4, 0.5) is 0 Å². The first kappa shape index (κ1) is 14.2. The molecule has 0 aliphatic rings. The van der Waals surface area contributed by atoms with Crippen molar-refractivity contribution >= 4 is 11.9 Å². The van der Waals surface area contributed by atoms with E-state index >= 15 is 0 Å². The van der Waals surface area contributed by atoms with Gasteiger partial charge in [-0.3, -0.25) is 4.79 Å². The number of hydrogen-bond donors (Lipinski definition) is 3. The quantitative estimate of drug-likeness (QED) is 0.741. The zero-order chi connectivity index (χ0) is 13.9. The van der Waals surface area contributed by atoms with E-state index in [2.05, 4.69) is 5.32 Å². The van der Waals surface area contributed by atoms with Gasteiger partial charge in [0.1, 0.15) is 0 Å². The Labute approximate surface area is 105 Å². The van der Waals surface area contributed by atoms with Gasteiger partial charge in [-0.1, -0.05) is 6.07 Å². The molecule has 1 rings (SSSR count). The molecule has 18 heavy (non-hydrogen) atoms. The van der Waals surface area contributed by atoms with Crippen LogP contribution in [0.1, 0.15) is 28.4 Å². The van der Waals surface area contributed by atoms with Gasteiger partial charge in [-0.25, -0.2) is 4.79 Å². The molecule has 0 saturated carbocycles. The molecule has 2 atom stereocenters. The van der Waals surface area contributed by atoms with Crippen molar-refractivity contribution in [2.24, 2.45) is 0 Å². The highest BCUT2D eigenvalue weighted by molar-refractivity contribution is 5.96. The highest BCUT2D eigenvalue weighted by atomic mass is 16.4. The summed E-state index contributed by atoms with van der Waals surface area (Å²) in [6.45, 7) is 5.11. The largest absolute Gasteiger partial charge is 0.480 e. The van der Waals surface area contributed by atoms with E-state index in [1.165, 1.54) is 6.92 Å². The molecule has 0 spiro atoms. The minimum atomic E-state index is -1.31. The van der Waals surface area contributed by atoms with Gasteiger partial charge in [0.15, 0.2) is 6.04 Å². The van der Waals surface area contributed by atoms with Gasteiger partial charge in [-0.15, -0.1) is 0 Å². The summed E-state index contributed by atoms with van der Waals surface area (Å²) >= 11 is 0. The van der Waals surface area contributed by atoms with Gasteiger partial charge in [0.2, 0.25) is 0 Å². The van der Waals surface area contributed by atoms with Crippen LogP contribution in [0.5, 0.6) is 0 Å². The lowest BCUT2D eigenvalue weighted by Crippen LogP contribution is -2.47. The third-order valence-electron chi connectivity index (χ3n) is 2.80. The molecule has 1 aromatic rings. The second-order valence-electron chi connectivity index (χ2n) is 4.33.